The number of hydrogen-bond acceptors (Lipinski definition) is 4. The standard InChI is InChI=1S/C15H27N3O2/c1-5-6-14(19)18(4)16-13-11-15(20-12(13)2)7-9-17(3)10-8-15/h12H,5-11H2,1-4H3/b16-13+. The quantitative estimate of drug-likeness (QED) is 0.742. The zero-order chi connectivity index (χ0) is 14.8. The average molecular weight is 281 g/mol. The zero-order valence-corrected chi connectivity index (χ0v) is 13.2. The molecule has 0 aliphatic carbocycles. The first-order valence-electron chi connectivity index (χ1n) is 7.66. The number of carbonyl (C=O) groups excluding carboxylic acids is 1. The van der Waals surface area contributed by atoms with Crippen LogP contribution in [0.25, 0.3) is 0 Å². The molecule has 2 aliphatic rings. The van der Waals surface area contributed by atoms with Crippen molar-refractivity contribution < 1.29 is 9.53 Å². The van der Waals surface area contributed by atoms with Gasteiger partial charge in [0.25, 0.3) is 0 Å². The Labute approximate surface area is 121 Å². The van der Waals surface area contributed by atoms with E-state index in [-0.39, 0.29) is 17.6 Å². The molecule has 0 saturated carbocycles. The van der Waals surface area contributed by atoms with Gasteiger partial charge in [-0.2, -0.15) is 5.10 Å². The second-order valence-electron chi connectivity index (χ2n) is 6.18. The molecular weight excluding hydrogens is 254 g/mol. The van der Waals surface area contributed by atoms with Crippen molar-refractivity contribution in [3.05, 3.63) is 0 Å². The molecule has 0 bridgehead atoms. The van der Waals surface area contributed by atoms with E-state index in [9.17, 15) is 4.79 Å². The van der Waals surface area contributed by atoms with Gasteiger partial charge in [0.05, 0.1) is 17.4 Å². The predicted molar refractivity (Wildman–Crippen MR) is 79.7 cm³/mol. The van der Waals surface area contributed by atoms with E-state index >= 15 is 0 Å². The monoisotopic (exact) mass is 281 g/mol. The molecule has 114 valence electrons. The molecule has 0 aromatic heterocycles. The summed E-state index contributed by atoms with van der Waals surface area (Å²) in [6.07, 6.45) is 4.41. The number of hydrazone groups is 1. The van der Waals surface area contributed by atoms with Crippen molar-refractivity contribution in [2.45, 2.75) is 57.7 Å². The lowest BCUT2D eigenvalue weighted by Crippen LogP contribution is -2.42. The van der Waals surface area contributed by atoms with Crippen molar-refractivity contribution in [2.75, 3.05) is 27.2 Å². The number of nitrogens with zero attached hydrogens (tertiary/aromatic N) is 3. The fourth-order valence-corrected chi connectivity index (χ4v) is 3.02. The van der Waals surface area contributed by atoms with Crippen LogP contribution in [0, 0.1) is 0 Å². The maximum atomic E-state index is 11.8. The Morgan fingerprint density at radius 1 is 1.50 bits per heavy atom. The van der Waals surface area contributed by atoms with Crippen molar-refractivity contribution in [3.63, 3.8) is 0 Å². The number of hydrogen-bond donors (Lipinski definition) is 0. The third-order valence-corrected chi connectivity index (χ3v) is 4.40. The molecule has 1 atom stereocenters. The average Bonchev–Trinajstić information content (AvgIpc) is 2.70. The minimum absolute atomic E-state index is 0.0234. The Morgan fingerprint density at radius 3 is 2.75 bits per heavy atom. The summed E-state index contributed by atoms with van der Waals surface area (Å²) in [5.41, 5.74) is 0.973. The fourth-order valence-electron chi connectivity index (χ4n) is 3.02. The fraction of sp³-hybridized carbons (Fsp3) is 0.867. The topological polar surface area (TPSA) is 45.1 Å². The number of rotatable bonds is 3. The highest BCUT2D eigenvalue weighted by Crippen LogP contribution is 2.37. The Morgan fingerprint density at radius 2 is 2.15 bits per heavy atom. The summed E-state index contributed by atoms with van der Waals surface area (Å²) in [4.78, 5) is 14.2. The third kappa shape index (κ3) is 3.38. The molecule has 0 aromatic rings. The summed E-state index contributed by atoms with van der Waals surface area (Å²) in [6.45, 7) is 6.20. The molecule has 1 amide bonds. The summed E-state index contributed by atoms with van der Waals surface area (Å²) in [7, 11) is 3.90. The lowest BCUT2D eigenvalue weighted by molar-refractivity contribution is -0.129. The Bertz CT molecular complexity index is 387. The number of ether oxygens (including phenoxy) is 1. The second-order valence-corrected chi connectivity index (χ2v) is 6.18. The lowest BCUT2D eigenvalue weighted by atomic mass is 9.88. The molecule has 2 aliphatic heterocycles. The highest BCUT2D eigenvalue weighted by molar-refractivity contribution is 5.92. The van der Waals surface area contributed by atoms with E-state index in [0.717, 1.165) is 44.5 Å². The number of carbonyl (C=O) groups is 1. The number of piperidine rings is 1. The first-order valence-corrected chi connectivity index (χ1v) is 7.66. The van der Waals surface area contributed by atoms with Crippen LogP contribution in [-0.2, 0) is 9.53 Å². The van der Waals surface area contributed by atoms with Crippen LogP contribution >= 0.6 is 0 Å². The molecule has 2 fully saturated rings. The molecule has 0 N–H and O–H groups in total. The van der Waals surface area contributed by atoms with E-state index in [1.165, 1.54) is 5.01 Å². The van der Waals surface area contributed by atoms with E-state index in [2.05, 4.69) is 17.0 Å². The normalized spacial score (nSPS) is 28.2. The van der Waals surface area contributed by atoms with Gasteiger partial charge in [-0.15, -0.1) is 0 Å². The van der Waals surface area contributed by atoms with Gasteiger partial charge in [0.1, 0.15) is 0 Å². The molecule has 2 saturated heterocycles. The largest absolute Gasteiger partial charge is 0.366 e. The highest BCUT2D eigenvalue weighted by atomic mass is 16.5. The van der Waals surface area contributed by atoms with Crippen LogP contribution in [0.1, 0.15) is 46.0 Å². The first kappa shape index (κ1) is 15.4. The van der Waals surface area contributed by atoms with Gasteiger partial charge in [-0.3, -0.25) is 4.79 Å². The molecule has 1 spiro atoms. The molecule has 2 rings (SSSR count). The summed E-state index contributed by atoms with van der Waals surface area (Å²) in [6, 6.07) is 0. The van der Waals surface area contributed by atoms with Crippen molar-refractivity contribution in [1.29, 1.82) is 0 Å². The summed E-state index contributed by atoms with van der Waals surface area (Å²) in [5.74, 6) is 0.0801. The Balaban J connectivity index is 2.01. The summed E-state index contributed by atoms with van der Waals surface area (Å²) in [5, 5.41) is 6.00. The smallest absolute Gasteiger partial charge is 0.242 e. The lowest BCUT2D eigenvalue weighted by Gasteiger charge is -2.36. The van der Waals surface area contributed by atoms with E-state index in [1.807, 2.05) is 13.8 Å². The molecule has 1 unspecified atom stereocenters. The van der Waals surface area contributed by atoms with Gasteiger partial charge < -0.3 is 9.64 Å². The maximum absolute atomic E-state index is 11.8. The van der Waals surface area contributed by atoms with Crippen molar-refractivity contribution >= 4 is 11.6 Å². The molecule has 0 radical (unpaired) electrons. The van der Waals surface area contributed by atoms with Crippen molar-refractivity contribution in [2.24, 2.45) is 5.10 Å². The van der Waals surface area contributed by atoms with Crippen LogP contribution < -0.4 is 0 Å². The van der Waals surface area contributed by atoms with Gasteiger partial charge in [-0.25, -0.2) is 5.01 Å². The van der Waals surface area contributed by atoms with Gasteiger partial charge in [0.2, 0.25) is 5.91 Å². The highest BCUT2D eigenvalue weighted by Gasteiger charge is 2.44. The number of amides is 1. The van der Waals surface area contributed by atoms with Gasteiger partial charge in [0, 0.05) is 33.0 Å². The van der Waals surface area contributed by atoms with E-state index in [1.54, 1.807) is 7.05 Å². The Hall–Kier alpha value is -0.940. The number of likely N-dealkylation sites (tertiary alicyclic amines) is 1. The van der Waals surface area contributed by atoms with Crippen molar-refractivity contribution in [3.8, 4) is 0 Å². The van der Waals surface area contributed by atoms with E-state index in [0.29, 0.717) is 6.42 Å². The van der Waals surface area contributed by atoms with E-state index < -0.39 is 0 Å². The molecule has 2 heterocycles. The molecular formula is C15H27N3O2. The predicted octanol–water partition coefficient (Wildman–Crippen LogP) is 1.87. The van der Waals surface area contributed by atoms with Crippen molar-refractivity contribution in [1.82, 2.24) is 9.91 Å². The van der Waals surface area contributed by atoms with Crippen LogP contribution in [0.3, 0.4) is 0 Å². The molecule has 5 heteroatoms. The van der Waals surface area contributed by atoms with Crippen LogP contribution in [0.2, 0.25) is 0 Å². The third-order valence-electron chi connectivity index (χ3n) is 4.40. The SMILES string of the molecule is CCCC(=O)N(C)/N=C1\CC2(CCN(C)CC2)OC1C. The second kappa shape index (κ2) is 6.22. The van der Waals surface area contributed by atoms with Crippen LogP contribution in [0.15, 0.2) is 5.10 Å². The first-order chi connectivity index (χ1) is 9.46. The van der Waals surface area contributed by atoms with Gasteiger partial charge in [0.15, 0.2) is 0 Å². The minimum Gasteiger partial charge on any atom is -0.366 e. The Kier molecular flexibility index (Phi) is 4.81. The van der Waals surface area contributed by atoms with Crippen LogP contribution in [0.4, 0.5) is 0 Å². The molecule has 20 heavy (non-hydrogen) atoms. The zero-order valence-electron chi connectivity index (χ0n) is 13.2. The van der Waals surface area contributed by atoms with Gasteiger partial charge in [-0.05, 0) is 33.2 Å². The van der Waals surface area contributed by atoms with Crippen LogP contribution in [-0.4, -0.2) is 60.4 Å². The van der Waals surface area contributed by atoms with Crippen LogP contribution in [0.5, 0.6) is 0 Å². The minimum atomic E-state index is -0.0423. The molecule has 0 aromatic carbocycles. The van der Waals surface area contributed by atoms with E-state index in [4.69, 9.17) is 4.74 Å². The maximum Gasteiger partial charge on any atom is 0.242 e. The molecule has 5 nitrogen and oxygen atoms in total. The summed E-state index contributed by atoms with van der Waals surface area (Å²) >= 11 is 0. The van der Waals surface area contributed by atoms with Gasteiger partial charge >= 0.3 is 0 Å². The summed E-state index contributed by atoms with van der Waals surface area (Å²) < 4.78 is 6.20. The van der Waals surface area contributed by atoms with Gasteiger partial charge in [-0.1, -0.05) is 6.92 Å².